The van der Waals surface area contributed by atoms with Crippen LogP contribution in [0.5, 0.6) is 0 Å². The predicted octanol–water partition coefficient (Wildman–Crippen LogP) is 0.198. The van der Waals surface area contributed by atoms with Crippen LogP contribution in [-0.2, 0) is 55.0 Å². The van der Waals surface area contributed by atoms with Crippen LogP contribution in [0.15, 0.2) is 14.3 Å². The minimum atomic E-state index is -4.70. The zero-order valence-electron chi connectivity index (χ0n) is 36.6. The lowest BCUT2D eigenvalue weighted by molar-refractivity contribution is -0.0179. The van der Waals surface area contributed by atoms with E-state index < -0.39 is 68.4 Å². The quantitative estimate of drug-likeness (QED) is 0.0715. The van der Waals surface area contributed by atoms with Gasteiger partial charge in [-0.1, -0.05) is 0 Å². The molecule has 0 saturated carbocycles. The third-order valence-corrected chi connectivity index (χ3v) is 16.0. The van der Waals surface area contributed by atoms with Crippen LogP contribution in [0.3, 0.4) is 0 Å². The van der Waals surface area contributed by atoms with Gasteiger partial charge in [0.15, 0.2) is 0 Å². The van der Waals surface area contributed by atoms with Crippen LogP contribution < -0.4 is 0 Å². The highest BCUT2D eigenvalue weighted by atomic mass is 31.2. The highest BCUT2D eigenvalue weighted by Crippen LogP contribution is 2.63. The fourth-order valence-corrected chi connectivity index (χ4v) is 12.7. The summed E-state index contributed by atoms with van der Waals surface area (Å²) in [6.45, 7) is 3.10. The van der Waals surface area contributed by atoms with E-state index in [0.29, 0.717) is 83.0 Å². The molecular weight excluding hydrogens is 918 g/mol. The molecule has 362 valence electrons. The molecule has 26 nitrogen and oxygen atoms in total. The summed E-state index contributed by atoms with van der Waals surface area (Å²) in [6.07, 6.45) is -3.85. The average molecular weight is 984 g/mol. The molecule has 5 N–H and O–H groups in total. The fourth-order valence-electron chi connectivity index (χ4n) is 7.43. The van der Waals surface area contributed by atoms with Gasteiger partial charge >= 0.3 is 31.8 Å². The van der Waals surface area contributed by atoms with E-state index in [0.717, 1.165) is 0 Å². The second-order valence-electron chi connectivity index (χ2n) is 16.0. The van der Waals surface area contributed by atoms with Crippen LogP contribution >= 0.6 is 31.8 Å². The van der Waals surface area contributed by atoms with Gasteiger partial charge in [-0.2, -0.15) is 27.9 Å². The molecule has 63 heavy (non-hydrogen) atoms. The van der Waals surface area contributed by atoms with Gasteiger partial charge in [0.25, 0.3) is 0 Å². The first-order chi connectivity index (χ1) is 29.8. The van der Waals surface area contributed by atoms with E-state index in [-0.39, 0.29) is 52.7 Å². The Kier molecular flexibility index (Phi) is 17.9. The van der Waals surface area contributed by atoms with Crippen LogP contribution in [0, 0.1) is 0 Å². The number of phosphoric ester groups is 1. The van der Waals surface area contributed by atoms with Crippen molar-refractivity contribution in [2.24, 2.45) is 14.3 Å². The third kappa shape index (κ3) is 14.0. The summed E-state index contributed by atoms with van der Waals surface area (Å²) in [4.78, 5) is 53.2. The molecule has 0 aromatic rings. The van der Waals surface area contributed by atoms with Crippen LogP contribution in [-0.4, -0.2) is 243 Å². The minimum absolute atomic E-state index is 0.0170. The molecular formula is C33H65N9O17P4+2. The Morgan fingerprint density at radius 2 is 1.06 bits per heavy atom. The first-order valence-electron chi connectivity index (χ1n) is 20.8. The van der Waals surface area contributed by atoms with Gasteiger partial charge in [0, 0.05) is 130 Å². The Labute approximate surface area is 369 Å². The molecule has 6 fully saturated rings. The normalized spacial score (nSPS) is 29.9. The molecule has 30 heteroatoms. The number of aliphatic hydroxyl groups excluding tert-OH is 1. The lowest BCUT2D eigenvalue weighted by atomic mass is 10.2. The molecule has 6 heterocycles. The lowest BCUT2D eigenvalue weighted by Gasteiger charge is -2.26. The molecule has 0 spiro atoms. The van der Waals surface area contributed by atoms with E-state index in [2.05, 4.69) is 18.8 Å². The Bertz CT molecular complexity index is 1690. The van der Waals surface area contributed by atoms with Crippen molar-refractivity contribution in [1.82, 2.24) is 29.4 Å². The monoisotopic (exact) mass is 983 g/mol. The number of ether oxygens (including phenoxy) is 3. The maximum absolute atomic E-state index is 14.4. The summed E-state index contributed by atoms with van der Waals surface area (Å²) in [5.74, 6) is 1.26. The topological polar surface area (TPSA) is 284 Å². The van der Waals surface area contributed by atoms with Crippen LogP contribution in [0.4, 0.5) is 0 Å². The number of guanidine groups is 3. The van der Waals surface area contributed by atoms with Crippen molar-refractivity contribution >= 4 is 49.6 Å². The number of phosphoric acid groups is 1. The molecule has 6 unspecified atom stereocenters. The molecule has 0 aliphatic carbocycles. The standard InChI is InChI=1S/C33H63N9O17P4/c1-37-11-12-38(2)31(37)34-60(44,53-17-7-18-54-63(47,48)49)58-26-9-20-51-29(26)23-56-62(46,36-33-41(5)15-16-42(33)6)59-27-10-21-52-30(27)24-55-61(45,35-32-39(3)13-14-40(32)4)57-25-8-19-50-28(25)22-43/h25-30,43-44,46H,7-24H2,1-6H3/p+2/t25?,26?,27?,28-,29-,30-,60?,61?,62?/m1/s1. The summed E-state index contributed by atoms with van der Waals surface area (Å²) in [5.41, 5.74) is 0. The molecule has 6 rings (SSSR count). The Hall–Kier alpha value is -1.47. The summed E-state index contributed by atoms with van der Waals surface area (Å²) >= 11 is 0. The van der Waals surface area contributed by atoms with Gasteiger partial charge in [0.1, 0.15) is 43.7 Å². The molecule has 0 radical (unpaired) electrons. The predicted molar refractivity (Wildman–Crippen MR) is 229 cm³/mol. The van der Waals surface area contributed by atoms with Gasteiger partial charge in [0.2, 0.25) is 17.9 Å². The number of rotatable bonds is 22. The van der Waals surface area contributed by atoms with Crippen LogP contribution in [0.1, 0.15) is 25.7 Å². The summed E-state index contributed by atoms with van der Waals surface area (Å²) < 4.78 is 97.9. The van der Waals surface area contributed by atoms with E-state index in [4.69, 9.17) is 51.1 Å². The highest BCUT2D eigenvalue weighted by molar-refractivity contribution is 7.59. The number of hydrogen-bond acceptors (Lipinski definition) is 17. The van der Waals surface area contributed by atoms with Crippen molar-refractivity contribution < 1.29 is 79.7 Å². The van der Waals surface area contributed by atoms with E-state index in [1.54, 1.807) is 14.1 Å². The van der Waals surface area contributed by atoms with Gasteiger partial charge < -0.3 is 58.5 Å². The molecule has 9 atom stereocenters. The Balaban J connectivity index is 1.17. The van der Waals surface area contributed by atoms with Crippen molar-refractivity contribution in [3.63, 3.8) is 0 Å². The molecule has 6 saturated heterocycles. The lowest BCUT2D eigenvalue weighted by Crippen LogP contribution is -2.34. The summed E-state index contributed by atoms with van der Waals surface area (Å²) in [6, 6.07) is 0. The van der Waals surface area contributed by atoms with E-state index >= 15 is 0 Å². The van der Waals surface area contributed by atoms with E-state index in [9.17, 15) is 24.0 Å². The molecule has 0 aromatic heterocycles. The maximum atomic E-state index is 14.4. The number of hydrogen-bond donors (Lipinski definition) is 5. The second-order valence-corrected chi connectivity index (χ2v) is 22.1. The van der Waals surface area contributed by atoms with Crippen molar-refractivity contribution in [2.45, 2.75) is 62.3 Å². The van der Waals surface area contributed by atoms with Gasteiger partial charge in [-0.15, -0.1) is 4.76 Å². The first kappa shape index (κ1) is 50.9. The van der Waals surface area contributed by atoms with Crippen molar-refractivity contribution in [1.29, 1.82) is 0 Å². The van der Waals surface area contributed by atoms with Crippen molar-refractivity contribution in [2.75, 3.05) is 134 Å². The second kappa shape index (κ2) is 22.1. The Morgan fingerprint density at radius 1 is 0.619 bits per heavy atom. The third-order valence-electron chi connectivity index (χ3n) is 11.1. The van der Waals surface area contributed by atoms with Gasteiger partial charge in [-0.25, -0.2) is 9.13 Å². The number of nitrogens with zero attached hydrogens (tertiary/aromatic N) is 9. The van der Waals surface area contributed by atoms with Gasteiger partial charge in [0.05, 0.1) is 25.9 Å². The minimum Gasteiger partial charge on any atom is -0.394 e. The zero-order valence-corrected chi connectivity index (χ0v) is 40.2. The molecule has 0 bridgehead atoms. The molecule has 6 aliphatic heterocycles. The SMILES string of the molecule is CN1CCN(C)C1=NP(=O)(OC[C@H]1OCCC1O[P+](O)(N=C1N(C)CCN1C)OC[C@H]1OCCC1O[P+](O)(N=C1N(C)CCN1C)OCCCOP(=O)(O)O)OC1CCO[C@@H]1CO. The molecule has 0 aromatic carbocycles. The number of likely N-dealkylation sites (N-methyl/N-ethyl adjacent to an activating group) is 6. The summed E-state index contributed by atoms with van der Waals surface area (Å²) in [7, 11) is -6.30. The number of aliphatic hydroxyl groups is 1. The van der Waals surface area contributed by atoms with E-state index in [1.165, 1.54) is 0 Å². The largest absolute Gasteiger partial charge is 0.554 e. The van der Waals surface area contributed by atoms with Crippen LogP contribution in [0.2, 0.25) is 0 Å². The van der Waals surface area contributed by atoms with Gasteiger partial charge in [-0.05, 0) is 6.42 Å². The molecule has 6 aliphatic rings. The summed E-state index contributed by atoms with van der Waals surface area (Å²) in [5, 5.41) is 9.86. The smallest absolute Gasteiger partial charge is 0.394 e. The maximum Gasteiger partial charge on any atom is 0.554 e. The molecule has 0 amide bonds. The van der Waals surface area contributed by atoms with Crippen LogP contribution in [0.25, 0.3) is 0 Å². The Morgan fingerprint density at radius 3 is 1.56 bits per heavy atom. The van der Waals surface area contributed by atoms with E-state index in [1.807, 2.05) is 57.6 Å². The van der Waals surface area contributed by atoms with Crippen molar-refractivity contribution in [3.8, 4) is 0 Å². The zero-order chi connectivity index (χ0) is 45.6. The first-order valence-corrected chi connectivity index (χ1v) is 26.9. The van der Waals surface area contributed by atoms with Gasteiger partial charge in [-0.3, -0.25) is 13.6 Å². The average Bonchev–Trinajstić information content (AvgIpc) is 4.10. The highest BCUT2D eigenvalue weighted by Gasteiger charge is 2.55. The van der Waals surface area contributed by atoms with Crippen molar-refractivity contribution in [3.05, 3.63) is 0 Å². The fraction of sp³-hybridized carbons (Fsp3) is 0.909.